The lowest BCUT2D eigenvalue weighted by Gasteiger charge is -2.28. The summed E-state index contributed by atoms with van der Waals surface area (Å²) in [7, 11) is 0. The number of benzene rings is 3. The second-order valence-electron chi connectivity index (χ2n) is 13.2. The van der Waals surface area contributed by atoms with Crippen molar-refractivity contribution in [2.45, 2.75) is 65.3 Å². The van der Waals surface area contributed by atoms with Crippen molar-refractivity contribution in [1.82, 2.24) is 36.2 Å². The van der Waals surface area contributed by atoms with Gasteiger partial charge >= 0.3 is 0 Å². The molecule has 0 unspecified atom stereocenters. The van der Waals surface area contributed by atoms with Gasteiger partial charge in [0, 0.05) is 42.2 Å². The molecule has 12 nitrogen and oxygen atoms in total. The van der Waals surface area contributed by atoms with Gasteiger partial charge in [0.2, 0.25) is 17.6 Å². The standard InChI is InChI=1S/C39H51N9O3/c1-4-28-15-16-32(37(49)41-21-22-48(5-2)6-3)24-34(28)29-11-7-26(8-12-29)23-35(43-38(50)31-13-9-27(25-40)10-14-31)39(51)42-33-19-17-30(18-20-33)36-44-46-47-45-36/h7-8,11-12,15-20,24,27,31,35H,4-6,9-10,13-14,21-23,25,40H2,1-3H3,(H,41,49)(H,42,51)(H,43,50)(H,44,45,46,47)/t27-,31-,35-/m0/s1. The van der Waals surface area contributed by atoms with E-state index in [0.717, 1.165) is 79.6 Å². The minimum atomic E-state index is -0.790. The molecule has 1 saturated carbocycles. The summed E-state index contributed by atoms with van der Waals surface area (Å²) in [5, 5.41) is 23.1. The highest BCUT2D eigenvalue weighted by Gasteiger charge is 2.29. The Kier molecular flexibility index (Phi) is 13.4. The lowest BCUT2D eigenvalue weighted by molar-refractivity contribution is -0.130. The molecule has 12 heteroatoms. The van der Waals surface area contributed by atoms with Crippen LogP contribution in [0.5, 0.6) is 0 Å². The molecule has 1 aromatic heterocycles. The SMILES string of the molecule is CCc1ccc(C(=O)NCCN(CC)CC)cc1-c1ccc(C[C@H](NC(=O)[C@H]2CC[C@H](CN)CC2)C(=O)Nc2ccc(-c3nn[nH]n3)cc2)cc1. The fraction of sp³-hybridized carbons (Fsp3) is 0.436. The zero-order chi connectivity index (χ0) is 36.2. The van der Waals surface area contributed by atoms with Gasteiger partial charge in [-0.1, -0.05) is 51.1 Å². The maximum absolute atomic E-state index is 13.7. The van der Waals surface area contributed by atoms with E-state index in [2.05, 4.69) is 62.2 Å². The molecule has 1 aliphatic carbocycles. The maximum Gasteiger partial charge on any atom is 0.251 e. The molecule has 3 amide bonds. The minimum absolute atomic E-state index is 0.0896. The topological polar surface area (TPSA) is 171 Å². The number of aryl methyl sites for hydroxylation is 1. The van der Waals surface area contributed by atoms with Gasteiger partial charge in [-0.15, -0.1) is 10.2 Å². The predicted molar refractivity (Wildman–Crippen MR) is 200 cm³/mol. The first kappa shape index (κ1) is 37.3. The fourth-order valence-corrected chi connectivity index (χ4v) is 6.70. The smallest absolute Gasteiger partial charge is 0.251 e. The molecule has 1 fully saturated rings. The molecule has 0 saturated heterocycles. The van der Waals surface area contributed by atoms with Crippen LogP contribution in [0.4, 0.5) is 5.69 Å². The van der Waals surface area contributed by atoms with E-state index in [4.69, 9.17) is 5.73 Å². The van der Waals surface area contributed by atoms with E-state index in [9.17, 15) is 14.4 Å². The van der Waals surface area contributed by atoms with Crippen LogP contribution in [-0.2, 0) is 22.4 Å². The summed E-state index contributed by atoms with van der Waals surface area (Å²) in [6, 6.07) is 20.3. The van der Waals surface area contributed by atoms with E-state index in [1.165, 1.54) is 0 Å². The highest BCUT2D eigenvalue weighted by atomic mass is 16.2. The molecule has 4 aromatic rings. The zero-order valence-corrected chi connectivity index (χ0v) is 30.0. The lowest BCUT2D eigenvalue weighted by Crippen LogP contribution is -2.48. The van der Waals surface area contributed by atoms with Crippen LogP contribution in [0.1, 0.15) is 67.9 Å². The number of aromatic amines is 1. The maximum atomic E-state index is 13.7. The molecule has 1 heterocycles. The highest BCUT2D eigenvalue weighted by molar-refractivity contribution is 5.98. The van der Waals surface area contributed by atoms with Gasteiger partial charge in [0.15, 0.2) is 0 Å². The molecular weight excluding hydrogens is 642 g/mol. The number of nitrogens with zero attached hydrogens (tertiary/aromatic N) is 4. The Morgan fingerprint density at radius 1 is 0.922 bits per heavy atom. The summed E-state index contributed by atoms with van der Waals surface area (Å²) in [5.41, 5.74) is 11.9. The van der Waals surface area contributed by atoms with Crippen molar-refractivity contribution in [1.29, 1.82) is 0 Å². The third-order valence-electron chi connectivity index (χ3n) is 10.0. The van der Waals surface area contributed by atoms with Gasteiger partial charge in [0.1, 0.15) is 6.04 Å². The largest absolute Gasteiger partial charge is 0.351 e. The van der Waals surface area contributed by atoms with Crippen molar-refractivity contribution in [2.75, 3.05) is 38.0 Å². The molecule has 0 spiro atoms. The number of amides is 3. The Morgan fingerprint density at radius 3 is 2.25 bits per heavy atom. The fourth-order valence-electron chi connectivity index (χ4n) is 6.70. The molecular formula is C39H51N9O3. The van der Waals surface area contributed by atoms with Crippen molar-refractivity contribution >= 4 is 23.4 Å². The van der Waals surface area contributed by atoms with Crippen molar-refractivity contribution in [2.24, 2.45) is 17.6 Å². The van der Waals surface area contributed by atoms with Crippen LogP contribution in [0.3, 0.4) is 0 Å². The van der Waals surface area contributed by atoms with Gasteiger partial charge in [-0.25, -0.2) is 0 Å². The van der Waals surface area contributed by atoms with Gasteiger partial charge in [-0.2, -0.15) is 5.21 Å². The summed E-state index contributed by atoms with van der Waals surface area (Å²) in [6.45, 7) is 10.3. The lowest BCUT2D eigenvalue weighted by atomic mass is 9.81. The normalized spacial score (nSPS) is 16.4. The number of anilines is 1. The Bertz CT molecular complexity index is 1710. The second-order valence-corrected chi connectivity index (χ2v) is 13.2. The molecule has 0 aliphatic heterocycles. The summed E-state index contributed by atoms with van der Waals surface area (Å²) in [5.74, 6) is 0.264. The van der Waals surface area contributed by atoms with Crippen LogP contribution in [0.25, 0.3) is 22.5 Å². The van der Waals surface area contributed by atoms with Gasteiger partial charge in [-0.05, 0) is 122 Å². The number of carbonyl (C=O) groups is 3. The van der Waals surface area contributed by atoms with Crippen LogP contribution in [-0.4, -0.2) is 82.0 Å². The van der Waals surface area contributed by atoms with Gasteiger partial charge in [0.25, 0.3) is 5.91 Å². The van der Waals surface area contributed by atoms with E-state index < -0.39 is 6.04 Å². The van der Waals surface area contributed by atoms with Gasteiger partial charge in [0.05, 0.1) is 0 Å². The third-order valence-corrected chi connectivity index (χ3v) is 10.0. The summed E-state index contributed by atoms with van der Waals surface area (Å²) < 4.78 is 0. The monoisotopic (exact) mass is 693 g/mol. The number of carbonyl (C=O) groups excluding carboxylic acids is 3. The molecule has 0 radical (unpaired) electrons. The van der Waals surface area contributed by atoms with Crippen LogP contribution in [0, 0.1) is 11.8 Å². The number of hydrogen-bond acceptors (Lipinski definition) is 8. The molecule has 5 rings (SSSR count). The quantitative estimate of drug-likeness (QED) is 0.113. The number of nitrogens with two attached hydrogens (primary N) is 1. The van der Waals surface area contributed by atoms with E-state index in [1.54, 1.807) is 24.3 Å². The molecule has 6 N–H and O–H groups in total. The number of likely N-dealkylation sites (N-methyl/N-ethyl adjacent to an activating group) is 1. The Balaban J connectivity index is 1.30. The average molecular weight is 694 g/mol. The van der Waals surface area contributed by atoms with Crippen LogP contribution in [0.15, 0.2) is 66.7 Å². The van der Waals surface area contributed by atoms with E-state index in [-0.39, 0.29) is 23.6 Å². The van der Waals surface area contributed by atoms with Crippen molar-refractivity contribution in [3.8, 4) is 22.5 Å². The van der Waals surface area contributed by atoms with Crippen molar-refractivity contribution < 1.29 is 14.4 Å². The molecule has 0 bridgehead atoms. The highest BCUT2D eigenvalue weighted by Crippen LogP contribution is 2.29. The molecule has 1 aliphatic rings. The molecule has 3 aromatic carbocycles. The molecule has 270 valence electrons. The van der Waals surface area contributed by atoms with Gasteiger partial charge in [-0.3, -0.25) is 14.4 Å². The van der Waals surface area contributed by atoms with E-state index in [0.29, 0.717) is 42.5 Å². The second kappa shape index (κ2) is 18.3. The van der Waals surface area contributed by atoms with E-state index in [1.807, 2.05) is 42.5 Å². The predicted octanol–water partition coefficient (Wildman–Crippen LogP) is 4.60. The number of tetrazole rings is 1. The molecule has 51 heavy (non-hydrogen) atoms. The Hall–Kier alpha value is -4.94. The first-order valence-electron chi connectivity index (χ1n) is 18.2. The zero-order valence-electron chi connectivity index (χ0n) is 30.0. The number of H-pyrrole nitrogens is 1. The number of hydrogen-bond donors (Lipinski definition) is 5. The Morgan fingerprint density at radius 2 is 1.63 bits per heavy atom. The number of aromatic nitrogens is 4. The van der Waals surface area contributed by atoms with Crippen LogP contribution >= 0.6 is 0 Å². The minimum Gasteiger partial charge on any atom is -0.351 e. The number of nitrogens with one attached hydrogen (secondary N) is 4. The van der Waals surface area contributed by atoms with E-state index >= 15 is 0 Å². The third kappa shape index (κ3) is 10.1. The van der Waals surface area contributed by atoms with Gasteiger partial charge < -0.3 is 26.6 Å². The van der Waals surface area contributed by atoms with Crippen LogP contribution < -0.4 is 21.7 Å². The molecule has 1 atom stereocenters. The number of rotatable bonds is 16. The first-order chi connectivity index (χ1) is 24.8. The van der Waals surface area contributed by atoms with Crippen LogP contribution in [0.2, 0.25) is 0 Å². The first-order valence-corrected chi connectivity index (χ1v) is 18.2. The average Bonchev–Trinajstić information content (AvgIpc) is 3.72. The summed E-state index contributed by atoms with van der Waals surface area (Å²) in [6.07, 6.45) is 4.49. The Labute approximate surface area is 300 Å². The summed E-state index contributed by atoms with van der Waals surface area (Å²) in [4.78, 5) is 42.5. The van der Waals surface area contributed by atoms with Crippen molar-refractivity contribution in [3.05, 3.63) is 83.4 Å². The van der Waals surface area contributed by atoms with Crippen molar-refractivity contribution in [3.63, 3.8) is 0 Å². The summed E-state index contributed by atoms with van der Waals surface area (Å²) >= 11 is 0.